The Bertz CT molecular complexity index is 1370. The molecule has 2 aliphatic heterocycles. The van der Waals surface area contributed by atoms with Gasteiger partial charge in [-0.25, -0.2) is 0 Å². The average molecular weight is 644 g/mol. The number of nitrogens with zero attached hydrogens (tertiary/aromatic N) is 2. The van der Waals surface area contributed by atoms with E-state index < -0.39 is 63.0 Å². The number of carboxylic acid groups (broad SMARTS) is 1. The van der Waals surface area contributed by atoms with Gasteiger partial charge in [-0.15, -0.1) is 23.2 Å². The maximum Gasteiger partial charge on any atom is 0.303 e. The third-order valence-corrected chi connectivity index (χ3v) is 10.3. The zero-order valence-corrected chi connectivity index (χ0v) is 24.0. The number of hydrogen-bond acceptors (Lipinski definition) is 7. The van der Waals surface area contributed by atoms with Gasteiger partial charge in [-0.3, -0.25) is 33.8 Å². The number of carbonyl (C=O) groups is 5. The van der Waals surface area contributed by atoms with E-state index in [2.05, 4.69) is 15.9 Å². The van der Waals surface area contributed by atoms with Gasteiger partial charge in [-0.1, -0.05) is 27.6 Å². The summed E-state index contributed by atoms with van der Waals surface area (Å²) < 4.78 is 5.82. The fourth-order valence-electron chi connectivity index (χ4n) is 6.73. The molecule has 0 radical (unpaired) electrons. The lowest BCUT2D eigenvalue weighted by atomic mass is 9.56. The van der Waals surface area contributed by atoms with Gasteiger partial charge in [0, 0.05) is 36.0 Å². The summed E-state index contributed by atoms with van der Waals surface area (Å²) >= 11 is 17.6. The Labute approximate surface area is 242 Å². The summed E-state index contributed by atoms with van der Waals surface area (Å²) in [5.41, 5.74) is 0.713. The lowest BCUT2D eigenvalue weighted by Crippen LogP contribution is -2.60. The monoisotopic (exact) mass is 642 g/mol. The summed E-state index contributed by atoms with van der Waals surface area (Å²) in [6, 6.07) is 3.09. The van der Waals surface area contributed by atoms with Crippen molar-refractivity contribution >= 4 is 68.7 Å². The second kappa shape index (κ2) is 9.49. The summed E-state index contributed by atoms with van der Waals surface area (Å²) in [5.74, 6) is -7.08. The summed E-state index contributed by atoms with van der Waals surface area (Å²) in [5, 5.41) is 20.2. The summed E-state index contributed by atoms with van der Waals surface area (Å²) in [6.07, 6.45) is 1.65. The number of alkyl halides is 2. The summed E-state index contributed by atoms with van der Waals surface area (Å²) in [4.78, 5) is 62.9. The highest BCUT2D eigenvalue weighted by Gasteiger charge is 2.76. The van der Waals surface area contributed by atoms with E-state index >= 15 is 0 Å². The number of phenolic OH excluding ortho intramolecular Hbond substituents is 1. The molecule has 1 aromatic rings. The van der Waals surface area contributed by atoms with Crippen LogP contribution in [0.25, 0.3) is 0 Å². The van der Waals surface area contributed by atoms with Crippen molar-refractivity contribution in [2.45, 2.75) is 41.3 Å². The van der Waals surface area contributed by atoms with Gasteiger partial charge < -0.3 is 14.9 Å². The molecule has 6 atom stereocenters. The first kappa shape index (κ1) is 27.9. The van der Waals surface area contributed by atoms with Crippen LogP contribution < -0.4 is 4.74 Å². The predicted molar refractivity (Wildman–Crippen MR) is 141 cm³/mol. The molecule has 1 saturated carbocycles. The summed E-state index contributed by atoms with van der Waals surface area (Å²) in [7, 11) is 2.65. The van der Waals surface area contributed by atoms with Crippen molar-refractivity contribution in [2.75, 3.05) is 20.7 Å². The number of likely N-dealkylation sites (tertiary alicyclic amines) is 2. The number of amides is 4. The van der Waals surface area contributed by atoms with E-state index in [4.69, 9.17) is 33.0 Å². The van der Waals surface area contributed by atoms with Crippen LogP contribution in [0, 0.1) is 17.8 Å². The first-order chi connectivity index (χ1) is 18.3. The molecule has 2 aliphatic carbocycles. The number of phenols is 1. The number of halogens is 3. The molecule has 2 N–H and O–H groups in total. The first-order valence-electron chi connectivity index (χ1n) is 12.3. The maximum absolute atomic E-state index is 13.6. The van der Waals surface area contributed by atoms with Crippen LogP contribution in [-0.2, 0) is 24.0 Å². The second-order valence-corrected chi connectivity index (χ2v) is 12.5. The van der Waals surface area contributed by atoms with Crippen LogP contribution in [0.2, 0.25) is 0 Å². The molecular formula is C26H25BrCl2N2O8. The molecule has 5 rings (SSSR count). The molecular weight excluding hydrogens is 619 g/mol. The van der Waals surface area contributed by atoms with Crippen molar-refractivity contribution in [1.29, 1.82) is 0 Å². The standard InChI is InChI=1S/C26H25BrCl2N2O8/c1-30-23(37)25(28)10-15-12(5-6-13-18(15)22(36)31(21(13)35)7-3-4-17(32)33)19(26(25,29)24(30)38)14-8-11(27)9-16(39-2)20(14)34/h5,8-9,13,15,18-19,34H,3-4,6-7,10H2,1-2H3,(H,32,33). The number of ether oxygens (including phenoxy) is 1. The van der Waals surface area contributed by atoms with Crippen LogP contribution in [0.1, 0.15) is 37.2 Å². The fourth-order valence-corrected chi connectivity index (χ4v) is 8.20. The number of carbonyl (C=O) groups excluding carboxylic acids is 4. The molecule has 4 aliphatic rings. The third kappa shape index (κ3) is 3.76. The number of allylic oxidation sites excluding steroid dienone is 2. The minimum absolute atomic E-state index is 0.0440. The largest absolute Gasteiger partial charge is 0.504 e. The van der Waals surface area contributed by atoms with Gasteiger partial charge in [0.15, 0.2) is 21.2 Å². The fraction of sp³-hybridized carbons (Fsp3) is 0.500. The second-order valence-electron chi connectivity index (χ2n) is 10.4. The molecule has 6 unspecified atom stereocenters. The lowest BCUT2D eigenvalue weighted by molar-refractivity contribution is -0.142. The molecule has 1 aromatic carbocycles. The van der Waals surface area contributed by atoms with E-state index in [1.54, 1.807) is 12.1 Å². The smallest absolute Gasteiger partial charge is 0.303 e. The SMILES string of the molecule is COc1cc(Br)cc(C2C3=CCC4C(=O)N(CCCC(=O)O)C(=O)C4C3CC3(Cl)C(=O)N(C)C(=O)C23Cl)c1O. The van der Waals surface area contributed by atoms with Crippen LogP contribution in [0.5, 0.6) is 11.5 Å². The number of imide groups is 2. The Morgan fingerprint density at radius 1 is 1.15 bits per heavy atom. The lowest BCUT2D eigenvalue weighted by Gasteiger charge is -2.50. The van der Waals surface area contributed by atoms with E-state index in [1.807, 2.05) is 0 Å². The number of aliphatic carboxylic acids is 1. The van der Waals surface area contributed by atoms with E-state index in [-0.39, 0.29) is 49.3 Å². The van der Waals surface area contributed by atoms with E-state index in [0.717, 1.165) is 9.80 Å². The van der Waals surface area contributed by atoms with Crippen LogP contribution in [0.4, 0.5) is 0 Å². The molecule has 2 heterocycles. The van der Waals surface area contributed by atoms with E-state index in [0.29, 0.717) is 10.0 Å². The van der Waals surface area contributed by atoms with Crippen LogP contribution in [0.3, 0.4) is 0 Å². The predicted octanol–water partition coefficient (Wildman–Crippen LogP) is 3.02. The number of carboxylic acids is 1. The molecule has 39 heavy (non-hydrogen) atoms. The quantitative estimate of drug-likeness (QED) is 0.274. The minimum atomic E-state index is -2.04. The van der Waals surface area contributed by atoms with Gasteiger partial charge >= 0.3 is 5.97 Å². The Morgan fingerprint density at radius 2 is 1.85 bits per heavy atom. The van der Waals surface area contributed by atoms with Gasteiger partial charge in [0.05, 0.1) is 18.9 Å². The van der Waals surface area contributed by atoms with Crippen molar-refractivity contribution in [3.63, 3.8) is 0 Å². The normalized spacial score (nSPS) is 33.6. The molecule has 13 heteroatoms. The van der Waals surface area contributed by atoms with Crippen LogP contribution in [0.15, 0.2) is 28.3 Å². The highest BCUT2D eigenvalue weighted by Crippen LogP contribution is 2.66. The molecule has 10 nitrogen and oxygen atoms in total. The molecule has 3 fully saturated rings. The van der Waals surface area contributed by atoms with Gasteiger partial charge in [0.25, 0.3) is 11.8 Å². The Balaban J connectivity index is 1.66. The van der Waals surface area contributed by atoms with Crippen molar-refractivity contribution in [1.82, 2.24) is 9.80 Å². The molecule has 4 amide bonds. The molecule has 0 bridgehead atoms. The van der Waals surface area contributed by atoms with Crippen molar-refractivity contribution in [3.05, 3.63) is 33.8 Å². The van der Waals surface area contributed by atoms with Gasteiger partial charge in [-0.2, -0.15) is 0 Å². The number of benzene rings is 1. The third-order valence-electron chi connectivity index (χ3n) is 8.48. The van der Waals surface area contributed by atoms with Crippen LogP contribution in [-0.4, -0.2) is 80.1 Å². The van der Waals surface area contributed by atoms with Gasteiger partial charge in [-0.05, 0) is 37.3 Å². The molecule has 0 spiro atoms. The number of methoxy groups -OCH3 is 1. The number of rotatable bonds is 6. The van der Waals surface area contributed by atoms with E-state index in [9.17, 15) is 29.1 Å². The Hall–Kier alpha value is -2.63. The van der Waals surface area contributed by atoms with Gasteiger partial charge in [0.1, 0.15) is 0 Å². The van der Waals surface area contributed by atoms with Crippen LogP contribution >= 0.6 is 39.1 Å². The van der Waals surface area contributed by atoms with Crippen molar-refractivity contribution < 1.29 is 38.9 Å². The highest BCUT2D eigenvalue weighted by atomic mass is 79.9. The Morgan fingerprint density at radius 3 is 2.49 bits per heavy atom. The van der Waals surface area contributed by atoms with E-state index in [1.165, 1.54) is 20.2 Å². The molecule has 208 valence electrons. The van der Waals surface area contributed by atoms with Crippen molar-refractivity contribution in [2.24, 2.45) is 17.8 Å². The average Bonchev–Trinajstić information content (AvgIpc) is 3.20. The zero-order valence-electron chi connectivity index (χ0n) is 20.9. The number of fused-ring (bicyclic) bond motifs is 4. The first-order valence-corrected chi connectivity index (χ1v) is 13.9. The number of hydrogen-bond donors (Lipinski definition) is 2. The zero-order chi connectivity index (χ0) is 28.6. The molecule has 2 saturated heterocycles. The maximum atomic E-state index is 13.6. The van der Waals surface area contributed by atoms with Crippen molar-refractivity contribution in [3.8, 4) is 11.5 Å². The summed E-state index contributed by atoms with van der Waals surface area (Å²) in [6.45, 7) is -0.0440. The topological polar surface area (TPSA) is 142 Å². The molecule has 0 aromatic heterocycles. The van der Waals surface area contributed by atoms with Gasteiger partial charge in [0.2, 0.25) is 11.8 Å². The Kier molecular flexibility index (Phi) is 6.79. The highest BCUT2D eigenvalue weighted by molar-refractivity contribution is 9.10. The number of aromatic hydroxyl groups is 1. The minimum Gasteiger partial charge on any atom is -0.504 e.